The van der Waals surface area contributed by atoms with Crippen molar-refractivity contribution in [1.29, 1.82) is 0 Å². The predicted octanol–water partition coefficient (Wildman–Crippen LogP) is 4.85. The van der Waals surface area contributed by atoms with Crippen LogP contribution in [-0.2, 0) is 11.2 Å². The summed E-state index contributed by atoms with van der Waals surface area (Å²) >= 11 is 0. The molecule has 0 saturated carbocycles. The Hall–Kier alpha value is -3.47. The first-order valence-electron chi connectivity index (χ1n) is 8.97. The number of benzene rings is 3. The molecule has 0 radical (unpaired) electrons. The zero-order valence-corrected chi connectivity index (χ0v) is 15.4. The lowest BCUT2D eigenvalue weighted by atomic mass is 10.0. The van der Waals surface area contributed by atoms with Gasteiger partial charge in [-0.15, -0.1) is 0 Å². The Bertz CT molecular complexity index is 969. The molecule has 0 aliphatic carbocycles. The van der Waals surface area contributed by atoms with Gasteiger partial charge >= 0.3 is 5.97 Å². The maximum Gasteiger partial charge on any atom is 0.338 e. The van der Waals surface area contributed by atoms with E-state index in [1.165, 1.54) is 17.7 Å². The number of hydrogen-bond acceptors (Lipinski definition) is 3. The SMILES string of the molecule is CCOC(=O)c1ccc(NC(=O)c2ccc(Cc3ccccc3)cc2)c(F)c1. The molecular weight excluding hydrogens is 357 g/mol. The summed E-state index contributed by atoms with van der Waals surface area (Å²) in [5.74, 6) is -1.72. The third kappa shape index (κ3) is 4.82. The summed E-state index contributed by atoms with van der Waals surface area (Å²) in [5, 5.41) is 2.53. The molecule has 0 aromatic heterocycles. The number of esters is 1. The van der Waals surface area contributed by atoms with Crippen LogP contribution < -0.4 is 5.32 Å². The molecule has 1 N–H and O–H groups in total. The van der Waals surface area contributed by atoms with E-state index in [9.17, 15) is 14.0 Å². The van der Waals surface area contributed by atoms with Gasteiger partial charge in [-0.25, -0.2) is 9.18 Å². The number of nitrogens with one attached hydrogen (secondary N) is 1. The summed E-state index contributed by atoms with van der Waals surface area (Å²) in [5.41, 5.74) is 2.79. The summed E-state index contributed by atoms with van der Waals surface area (Å²) < 4.78 is 19.0. The van der Waals surface area contributed by atoms with Gasteiger partial charge in [0, 0.05) is 5.56 Å². The molecule has 0 spiro atoms. The van der Waals surface area contributed by atoms with Gasteiger partial charge in [-0.05, 0) is 54.8 Å². The topological polar surface area (TPSA) is 55.4 Å². The third-order valence-corrected chi connectivity index (χ3v) is 4.20. The van der Waals surface area contributed by atoms with E-state index in [1.54, 1.807) is 19.1 Å². The van der Waals surface area contributed by atoms with E-state index in [0.29, 0.717) is 5.56 Å². The number of ether oxygens (including phenoxy) is 1. The number of carbonyl (C=O) groups excluding carboxylic acids is 2. The molecule has 1 amide bonds. The highest BCUT2D eigenvalue weighted by Crippen LogP contribution is 2.18. The minimum atomic E-state index is -0.695. The third-order valence-electron chi connectivity index (χ3n) is 4.20. The normalized spacial score (nSPS) is 10.4. The molecule has 0 bridgehead atoms. The summed E-state index contributed by atoms with van der Waals surface area (Å²) in [6.45, 7) is 1.88. The van der Waals surface area contributed by atoms with Gasteiger partial charge in [0.15, 0.2) is 0 Å². The molecule has 0 aliphatic rings. The van der Waals surface area contributed by atoms with Crippen LogP contribution >= 0.6 is 0 Å². The van der Waals surface area contributed by atoms with Crippen molar-refractivity contribution in [1.82, 2.24) is 0 Å². The minimum absolute atomic E-state index is 0.00594. The number of anilines is 1. The van der Waals surface area contributed by atoms with Crippen LogP contribution in [0.4, 0.5) is 10.1 Å². The smallest absolute Gasteiger partial charge is 0.338 e. The summed E-state index contributed by atoms with van der Waals surface area (Å²) in [6, 6.07) is 21.0. The maximum absolute atomic E-state index is 14.2. The highest BCUT2D eigenvalue weighted by molar-refractivity contribution is 6.04. The Morgan fingerprint density at radius 3 is 2.18 bits per heavy atom. The standard InChI is InChI=1S/C23H20FNO3/c1-2-28-23(27)19-12-13-21(20(24)15-19)25-22(26)18-10-8-17(9-11-18)14-16-6-4-3-5-7-16/h3-13,15H,2,14H2,1H3,(H,25,26). The molecule has 0 heterocycles. The Labute approximate surface area is 163 Å². The van der Waals surface area contributed by atoms with Crippen LogP contribution in [0.15, 0.2) is 72.8 Å². The van der Waals surface area contributed by atoms with Crippen LogP contribution in [0.5, 0.6) is 0 Å². The first kappa shape index (κ1) is 19.3. The van der Waals surface area contributed by atoms with Crippen molar-refractivity contribution in [3.05, 3.63) is 101 Å². The predicted molar refractivity (Wildman–Crippen MR) is 106 cm³/mol. The van der Waals surface area contributed by atoms with Gasteiger partial charge in [0.25, 0.3) is 5.91 Å². The van der Waals surface area contributed by atoms with Crippen molar-refractivity contribution >= 4 is 17.6 Å². The van der Waals surface area contributed by atoms with E-state index in [-0.39, 0.29) is 17.9 Å². The van der Waals surface area contributed by atoms with Crippen molar-refractivity contribution in [2.24, 2.45) is 0 Å². The minimum Gasteiger partial charge on any atom is -0.462 e. The van der Waals surface area contributed by atoms with Crippen molar-refractivity contribution in [3.8, 4) is 0 Å². The molecule has 0 unspecified atom stereocenters. The van der Waals surface area contributed by atoms with E-state index in [2.05, 4.69) is 5.32 Å². The van der Waals surface area contributed by atoms with Gasteiger partial charge in [0.2, 0.25) is 0 Å². The Balaban J connectivity index is 1.67. The average Bonchev–Trinajstić information content (AvgIpc) is 2.71. The Kier molecular flexibility index (Phi) is 6.17. The number of carbonyl (C=O) groups is 2. The molecule has 142 valence electrons. The fourth-order valence-corrected chi connectivity index (χ4v) is 2.76. The van der Waals surface area contributed by atoms with E-state index < -0.39 is 17.7 Å². The van der Waals surface area contributed by atoms with Crippen molar-refractivity contribution < 1.29 is 18.7 Å². The maximum atomic E-state index is 14.2. The molecule has 3 aromatic carbocycles. The summed E-state index contributed by atoms with van der Waals surface area (Å²) in [7, 11) is 0. The van der Waals surface area contributed by atoms with Crippen molar-refractivity contribution in [2.45, 2.75) is 13.3 Å². The molecule has 3 rings (SSSR count). The molecule has 5 heteroatoms. The molecule has 0 saturated heterocycles. The van der Waals surface area contributed by atoms with Gasteiger partial charge in [-0.3, -0.25) is 4.79 Å². The highest BCUT2D eigenvalue weighted by atomic mass is 19.1. The average molecular weight is 377 g/mol. The second-order valence-corrected chi connectivity index (χ2v) is 6.23. The fourth-order valence-electron chi connectivity index (χ4n) is 2.76. The second kappa shape index (κ2) is 8.95. The molecule has 0 atom stereocenters. The molecule has 0 aliphatic heterocycles. The van der Waals surface area contributed by atoms with Gasteiger partial charge in [0.1, 0.15) is 5.82 Å². The largest absolute Gasteiger partial charge is 0.462 e. The second-order valence-electron chi connectivity index (χ2n) is 6.23. The van der Waals surface area contributed by atoms with Gasteiger partial charge in [-0.1, -0.05) is 42.5 Å². The van der Waals surface area contributed by atoms with Gasteiger partial charge in [0.05, 0.1) is 17.9 Å². The van der Waals surface area contributed by atoms with Gasteiger partial charge in [-0.2, -0.15) is 0 Å². The van der Waals surface area contributed by atoms with Crippen molar-refractivity contribution in [3.63, 3.8) is 0 Å². The van der Waals surface area contributed by atoms with E-state index in [4.69, 9.17) is 4.74 Å². The zero-order valence-electron chi connectivity index (χ0n) is 15.4. The molecule has 4 nitrogen and oxygen atoms in total. The number of halogens is 1. The summed E-state index contributed by atoms with van der Waals surface area (Å²) in [6.07, 6.45) is 0.771. The number of amides is 1. The molecular formula is C23H20FNO3. The fraction of sp³-hybridized carbons (Fsp3) is 0.130. The number of rotatable bonds is 6. The van der Waals surface area contributed by atoms with Crippen LogP contribution in [0.1, 0.15) is 38.8 Å². The lowest BCUT2D eigenvalue weighted by Crippen LogP contribution is -2.14. The van der Waals surface area contributed by atoms with Crippen LogP contribution in [0, 0.1) is 5.82 Å². The van der Waals surface area contributed by atoms with Crippen LogP contribution in [0.2, 0.25) is 0 Å². The van der Waals surface area contributed by atoms with Crippen LogP contribution in [0.3, 0.4) is 0 Å². The van der Waals surface area contributed by atoms with Gasteiger partial charge < -0.3 is 10.1 Å². The highest BCUT2D eigenvalue weighted by Gasteiger charge is 2.13. The Morgan fingerprint density at radius 2 is 1.54 bits per heavy atom. The first-order chi connectivity index (χ1) is 13.6. The van der Waals surface area contributed by atoms with Crippen LogP contribution in [-0.4, -0.2) is 18.5 Å². The first-order valence-corrected chi connectivity index (χ1v) is 8.97. The quantitative estimate of drug-likeness (QED) is 0.625. The lowest BCUT2D eigenvalue weighted by molar-refractivity contribution is 0.0525. The number of hydrogen-bond donors (Lipinski definition) is 1. The zero-order chi connectivity index (χ0) is 19.9. The monoisotopic (exact) mass is 377 g/mol. The van der Waals surface area contributed by atoms with Crippen LogP contribution in [0.25, 0.3) is 0 Å². The Morgan fingerprint density at radius 1 is 0.893 bits per heavy atom. The summed E-state index contributed by atoms with van der Waals surface area (Å²) in [4.78, 5) is 24.0. The molecule has 28 heavy (non-hydrogen) atoms. The van der Waals surface area contributed by atoms with E-state index in [1.807, 2.05) is 42.5 Å². The molecule has 0 fully saturated rings. The molecule has 3 aromatic rings. The van der Waals surface area contributed by atoms with Crippen molar-refractivity contribution in [2.75, 3.05) is 11.9 Å². The van der Waals surface area contributed by atoms with E-state index in [0.717, 1.165) is 18.1 Å². The lowest BCUT2D eigenvalue weighted by Gasteiger charge is -2.09. The van der Waals surface area contributed by atoms with E-state index >= 15 is 0 Å².